The molecular weight excluding hydrogens is 230 g/mol. The van der Waals surface area contributed by atoms with Crippen LogP contribution in [0.3, 0.4) is 0 Å². The fraction of sp³-hybridized carbons (Fsp3) is 0.667. The van der Waals surface area contributed by atoms with Crippen molar-refractivity contribution in [1.82, 2.24) is 4.90 Å². The summed E-state index contributed by atoms with van der Waals surface area (Å²) in [5.41, 5.74) is 0. The first-order chi connectivity index (χ1) is 9.26. The zero-order valence-corrected chi connectivity index (χ0v) is 12.9. The lowest BCUT2D eigenvalue weighted by Gasteiger charge is -2.34. The standard InChI is InChI=1S/C18H31N/c1-5-11-16(7-3)15-18(17(8-4)12-6-2)19-13-9-10-14-19/h5-6,8,11,16-18H,2,4,7,9-10,12-15H2,1,3H3/b11-5-. The molecule has 0 spiro atoms. The molecule has 0 saturated carbocycles. The molecule has 0 bridgehead atoms. The summed E-state index contributed by atoms with van der Waals surface area (Å²) in [6.45, 7) is 14.9. The summed E-state index contributed by atoms with van der Waals surface area (Å²) in [5.74, 6) is 1.25. The number of likely N-dealkylation sites (tertiary alicyclic amines) is 1. The van der Waals surface area contributed by atoms with Gasteiger partial charge in [0, 0.05) is 6.04 Å². The van der Waals surface area contributed by atoms with Crippen LogP contribution in [0.4, 0.5) is 0 Å². The van der Waals surface area contributed by atoms with Crippen molar-refractivity contribution < 1.29 is 0 Å². The van der Waals surface area contributed by atoms with Gasteiger partial charge < -0.3 is 0 Å². The molecule has 19 heavy (non-hydrogen) atoms. The molecule has 0 radical (unpaired) electrons. The largest absolute Gasteiger partial charge is 0.300 e. The Labute approximate surface area is 120 Å². The minimum atomic E-state index is 0.551. The van der Waals surface area contributed by atoms with Crippen molar-refractivity contribution in [3.05, 3.63) is 37.5 Å². The fourth-order valence-corrected chi connectivity index (χ4v) is 3.23. The first-order valence-electron chi connectivity index (χ1n) is 7.87. The van der Waals surface area contributed by atoms with Crippen LogP contribution in [0.5, 0.6) is 0 Å². The summed E-state index contributed by atoms with van der Waals surface area (Å²) < 4.78 is 0. The van der Waals surface area contributed by atoms with Crippen LogP contribution in [0.1, 0.15) is 46.0 Å². The average molecular weight is 261 g/mol. The maximum atomic E-state index is 4.06. The van der Waals surface area contributed by atoms with Crippen molar-refractivity contribution in [2.24, 2.45) is 11.8 Å². The second kappa shape index (κ2) is 9.14. The second-order valence-electron chi connectivity index (χ2n) is 5.66. The van der Waals surface area contributed by atoms with Gasteiger partial charge in [0.1, 0.15) is 0 Å². The summed E-state index contributed by atoms with van der Waals surface area (Å²) in [6, 6.07) is 0.638. The van der Waals surface area contributed by atoms with Gasteiger partial charge >= 0.3 is 0 Å². The van der Waals surface area contributed by atoms with Crippen LogP contribution in [-0.2, 0) is 0 Å². The van der Waals surface area contributed by atoms with Crippen LogP contribution in [0.15, 0.2) is 37.5 Å². The molecular formula is C18H31N. The quantitative estimate of drug-likeness (QED) is 0.538. The van der Waals surface area contributed by atoms with Crippen molar-refractivity contribution in [2.45, 2.75) is 52.0 Å². The minimum Gasteiger partial charge on any atom is -0.300 e. The molecule has 1 aliphatic rings. The van der Waals surface area contributed by atoms with Gasteiger partial charge in [0.2, 0.25) is 0 Å². The molecule has 0 aromatic heterocycles. The number of hydrogen-bond acceptors (Lipinski definition) is 1. The molecule has 3 unspecified atom stereocenters. The van der Waals surface area contributed by atoms with E-state index in [2.05, 4.69) is 50.1 Å². The van der Waals surface area contributed by atoms with E-state index >= 15 is 0 Å². The Morgan fingerprint density at radius 1 is 1.21 bits per heavy atom. The smallest absolute Gasteiger partial charge is 0.0166 e. The van der Waals surface area contributed by atoms with Gasteiger partial charge in [0.25, 0.3) is 0 Å². The van der Waals surface area contributed by atoms with Crippen LogP contribution in [0, 0.1) is 11.8 Å². The Kier molecular flexibility index (Phi) is 7.81. The Morgan fingerprint density at radius 2 is 1.89 bits per heavy atom. The van der Waals surface area contributed by atoms with Gasteiger partial charge in [-0.2, -0.15) is 0 Å². The summed E-state index contributed by atoms with van der Waals surface area (Å²) in [6.07, 6.45) is 15.0. The molecule has 1 saturated heterocycles. The van der Waals surface area contributed by atoms with E-state index in [0.717, 1.165) is 6.42 Å². The molecule has 108 valence electrons. The van der Waals surface area contributed by atoms with Gasteiger partial charge in [0.05, 0.1) is 0 Å². The maximum Gasteiger partial charge on any atom is 0.0166 e. The van der Waals surface area contributed by atoms with Crippen molar-refractivity contribution in [2.75, 3.05) is 13.1 Å². The van der Waals surface area contributed by atoms with E-state index in [0.29, 0.717) is 17.9 Å². The Hall–Kier alpha value is -0.820. The van der Waals surface area contributed by atoms with E-state index in [4.69, 9.17) is 0 Å². The van der Waals surface area contributed by atoms with Gasteiger partial charge in [-0.05, 0) is 64.0 Å². The highest BCUT2D eigenvalue weighted by Crippen LogP contribution is 2.28. The van der Waals surface area contributed by atoms with Gasteiger partial charge in [-0.25, -0.2) is 0 Å². The van der Waals surface area contributed by atoms with Crippen molar-refractivity contribution in [1.29, 1.82) is 0 Å². The molecule has 3 atom stereocenters. The predicted octanol–water partition coefficient (Wildman–Crippen LogP) is 4.82. The zero-order valence-electron chi connectivity index (χ0n) is 12.9. The van der Waals surface area contributed by atoms with Gasteiger partial charge in [-0.3, -0.25) is 4.90 Å². The summed E-state index contributed by atoms with van der Waals surface area (Å²) in [5, 5.41) is 0. The van der Waals surface area contributed by atoms with Crippen LogP contribution in [0.2, 0.25) is 0 Å². The highest BCUT2D eigenvalue weighted by Gasteiger charge is 2.28. The number of rotatable bonds is 9. The first-order valence-corrected chi connectivity index (χ1v) is 7.87. The first kappa shape index (κ1) is 16.2. The normalized spacial score (nSPS) is 21.4. The molecule has 0 aliphatic carbocycles. The molecule has 0 N–H and O–H groups in total. The predicted molar refractivity (Wildman–Crippen MR) is 86.3 cm³/mol. The molecule has 0 aromatic rings. The van der Waals surface area contributed by atoms with E-state index < -0.39 is 0 Å². The van der Waals surface area contributed by atoms with Crippen molar-refractivity contribution in [3.63, 3.8) is 0 Å². The van der Waals surface area contributed by atoms with E-state index in [1.54, 1.807) is 0 Å². The van der Waals surface area contributed by atoms with E-state index in [1.165, 1.54) is 38.8 Å². The van der Waals surface area contributed by atoms with Crippen LogP contribution in [0.25, 0.3) is 0 Å². The Morgan fingerprint density at radius 3 is 2.37 bits per heavy atom. The molecule has 1 nitrogen and oxygen atoms in total. The molecule has 0 aromatic carbocycles. The number of nitrogens with zero attached hydrogens (tertiary/aromatic N) is 1. The summed E-state index contributed by atoms with van der Waals surface area (Å²) in [4.78, 5) is 2.68. The molecule has 1 rings (SSSR count). The SMILES string of the molecule is C=CCC(C=C)C(CC(/C=C\C)CC)N1CCCC1. The fourth-order valence-electron chi connectivity index (χ4n) is 3.23. The Balaban J connectivity index is 2.77. The third kappa shape index (κ3) is 4.99. The summed E-state index contributed by atoms with van der Waals surface area (Å²) >= 11 is 0. The number of allylic oxidation sites excluding steroid dienone is 3. The lowest BCUT2D eigenvalue weighted by molar-refractivity contribution is 0.171. The maximum absolute atomic E-state index is 4.06. The van der Waals surface area contributed by atoms with Crippen molar-refractivity contribution in [3.8, 4) is 0 Å². The molecule has 1 fully saturated rings. The van der Waals surface area contributed by atoms with Crippen LogP contribution < -0.4 is 0 Å². The molecule has 1 heteroatoms. The second-order valence-corrected chi connectivity index (χ2v) is 5.66. The minimum absolute atomic E-state index is 0.551. The lowest BCUT2D eigenvalue weighted by Crippen LogP contribution is -2.39. The monoisotopic (exact) mass is 261 g/mol. The van der Waals surface area contributed by atoms with E-state index in [1.807, 2.05) is 6.08 Å². The Bertz CT molecular complexity index is 286. The van der Waals surface area contributed by atoms with E-state index in [-0.39, 0.29) is 0 Å². The van der Waals surface area contributed by atoms with E-state index in [9.17, 15) is 0 Å². The van der Waals surface area contributed by atoms with Crippen molar-refractivity contribution >= 4 is 0 Å². The topological polar surface area (TPSA) is 3.24 Å². The van der Waals surface area contributed by atoms with Gasteiger partial charge in [-0.15, -0.1) is 13.2 Å². The van der Waals surface area contributed by atoms with Crippen LogP contribution >= 0.6 is 0 Å². The highest BCUT2D eigenvalue weighted by molar-refractivity contribution is 4.98. The summed E-state index contributed by atoms with van der Waals surface area (Å²) in [7, 11) is 0. The third-order valence-corrected chi connectivity index (χ3v) is 4.38. The molecule has 0 amide bonds. The number of hydrogen-bond donors (Lipinski definition) is 0. The average Bonchev–Trinajstić information content (AvgIpc) is 2.95. The zero-order chi connectivity index (χ0) is 14.1. The molecule has 1 aliphatic heterocycles. The van der Waals surface area contributed by atoms with Gasteiger partial charge in [0.15, 0.2) is 0 Å². The molecule has 1 heterocycles. The lowest BCUT2D eigenvalue weighted by atomic mass is 9.86. The highest BCUT2D eigenvalue weighted by atomic mass is 15.2. The van der Waals surface area contributed by atoms with Gasteiger partial charge in [-0.1, -0.05) is 31.2 Å². The third-order valence-electron chi connectivity index (χ3n) is 4.38. The van der Waals surface area contributed by atoms with Crippen LogP contribution in [-0.4, -0.2) is 24.0 Å².